The van der Waals surface area contributed by atoms with E-state index in [1.807, 2.05) is 66.0 Å². The summed E-state index contributed by atoms with van der Waals surface area (Å²) in [6, 6.07) is 18.6. The van der Waals surface area contributed by atoms with Crippen molar-refractivity contribution in [3.8, 4) is 0 Å². The first-order valence-corrected chi connectivity index (χ1v) is 18.2. The van der Waals surface area contributed by atoms with E-state index in [-0.39, 0.29) is 31.7 Å². The molecule has 0 bridgehead atoms. The number of carbonyl (C=O) groups is 3. The lowest BCUT2D eigenvalue weighted by molar-refractivity contribution is -0.125. The second kappa shape index (κ2) is 16.9. The van der Waals surface area contributed by atoms with Crippen LogP contribution < -0.4 is 16.0 Å². The summed E-state index contributed by atoms with van der Waals surface area (Å²) in [5, 5.41) is 22.6. The summed E-state index contributed by atoms with van der Waals surface area (Å²) in [5.41, 5.74) is 3.13. The van der Waals surface area contributed by atoms with Gasteiger partial charge in [-0.2, -0.15) is 0 Å². The number of rotatable bonds is 16. The Kier molecular flexibility index (Phi) is 12.4. The molecule has 4 atom stereocenters. The standard InChI is InChI=1S/C36H44N6O5S2/c1-24(2)32-38-29(22-48-32)20-42(3)34(45)41-36(18-31(36)43)33(44)39-27(16-25-10-6-4-7-11-25)14-15-28(17-26-12-8-5-9-13-26)40-35(46)47-21-30-19-37-23-49-30/h4-13,19,22-24,27-28,31,43H,14-18,20-21H2,1-3H3,(H,39,44)(H,40,46)(H,41,45)/t27-,28-,31?,36?/m1/s1. The normalized spacial score (nSPS) is 17.9. The van der Waals surface area contributed by atoms with Crippen LogP contribution >= 0.6 is 22.7 Å². The van der Waals surface area contributed by atoms with Gasteiger partial charge in [0.15, 0.2) is 0 Å². The van der Waals surface area contributed by atoms with Crippen LogP contribution in [0.5, 0.6) is 0 Å². The minimum atomic E-state index is -1.42. The van der Waals surface area contributed by atoms with Gasteiger partial charge in [0.1, 0.15) is 12.1 Å². The van der Waals surface area contributed by atoms with Crippen LogP contribution in [-0.4, -0.2) is 68.8 Å². The zero-order valence-electron chi connectivity index (χ0n) is 28.0. The fourth-order valence-electron chi connectivity index (χ4n) is 5.57. The third kappa shape index (κ3) is 10.3. The Balaban J connectivity index is 1.24. The van der Waals surface area contributed by atoms with Crippen molar-refractivity contribution < 1.29 is 24.2 Å². The van der Waals surface area contributed by atoms with E-state index in [4.69, 9.17) is 4.74 Å². The van der Waals surface area contributed by atoms with Crippen molar-refractivity contribution in [3.05, 3.63) is 104 Å². The summed E-state index contributed by atoms with van der Waals surface area (Å²) in [4.78, 5) is 50.9. The van der Waals surface area contributed by atoms with Crippen LogP contribution in [0.1, 0.15) is 65.7 Å². The van der Waals surface area contributed by atoms with Crippen molar-refractivity contribution in [2.75, 3.05) is 7.05 Å². The molecule has 4 N–H and O–H groups in total. The molecule has 0 saturated heterocycles. The van der Waals surface area contributed by atoms with Crippen molar-refractivity contribution in [2.24, 2.45) is 0 Å². The molecule has 13 heteroatoms. The maximum atomic E-state index is 13.8. The third-order valence-electron chi connectivity index (χ3n) is 8.47. The van der Waals surface area contributed by atoms with Crippen LogP contribution in [0, 0.1) is 0 Å². The van der Waals surface area contributed by atoms with Gasteiger partial charge < -0.3 is 30.7 Å². The van der Waals surface area contributed by atoms with Gasteiger partial charge in [-0.1, -0.05) is 74.5 Å². The van der Waals surface area contributed by atoms with E-state index >= 15 is 0 Å². The van der Waals surface area contributed by atoms with Gasteiger partial charge in [0.2, 0.25) is 5.91 Å². The number of nitrogens with one attached hydrogen (secondary N) is 3. The van der Waals surface area contributed by atoms with E-state index in [1.54, 1.807) is 30.1 Å². The SMILES string of the molecule is CC(C)c1nc(CN(C)C(=O)NC2(C(=O)N[C@H](CC[C@H](Cc3ccccc3)NC(=O)OCc3cncs3)Cc3ccccc3)CC2O)cs1. The van der Waals surface area contributed by atoms with Gasteiger partial charge in [-0.15, -0.1) is 22.7 Å². The maximum Gasteiger partial charge on any atom is 0.407 e. The zero-order valence-corrected chi connectivity index (χ0v) is 29.6. The Morgan fingerprint density at radius 2 is 1.59 bits per heavy atom. The minimum absolute atomic E-state index is 0.120. The average Bonchev–Trinajstić information content (AvgIpc) is 3.45. The monoisotopic (exact) mass is 704 g/mol. The van der Waals surface area contributed by atoms with Crippen LogP contribution in [0.3, 0.4) is 0 Å². The number of alkyl carbamates (subject to hydrolysis) is 1. The molecule has 11 nitrogen and oxygen atoms in total. The van der Waals surface area contributed by atoms with Gasteiger partial charge in [-0.3, -0.25) is 9.78 Å². The van der Waals surface area contributed by atoms with Gasteiger partial charge in [0.05, 0.1) is 33.7 Å². The number of carbonyl (C=O) groups excluding carboxylic acids is 3. The molecule has 260 valence electrons. The minimum Gasteiger partial charge on any atom is -0.444 e. The first kappa shape index (κ1) is 36.0. The second-order valence-corrected chi connectivity index (χ2v) is 14.7. The highest BCUT2D eigenvalue weighted by Crippen LogP contribution is 2.37. The van der Waals surface area contributed by atoms with Crippen LogP contribution in [0.4, 0.5) is 9.59 Å². The van der Waals surface area contributed by atoms with Crippen LogP contribution in [0.25, 0.3) is 0 Å². The van der Waals surface area contributed by atoms with E-state index in [1.165, 1.54) is 16.2 Å². The number of hydrogen-bond acceptors (Lipinski definition) is 9. The molecular formula is C36H44N6O5S2. The highest BCUT2D eigenvalue weighted by Gasteiger charge is 2.61. The summed E-state index contributed by atoms with van der Waals surface area (Å²) in [7, 11) is 1.64. The third-order valence-corrected chi connectivity index (χ3v) is 10.4. The molecule has 49 heavy (non-hydrogen) atoms. The van der Waals surface area contributed by atoms with Crippen molar-refractivity contribution in [2.45, 2.75) is 88.7 Å². The maximum absolute atomic E-state index is 13.8. The fraction of sp³-hybridized carbons (Fsp3) is 0.417. The van der Waals surface area contributed by atoms with Crippen molar-refractivity contribution >= 4 is 40.7 Å². The predicted molar refractivity (Wildman–Crippen MR) is 190 cm³/mol. The van der Waals surface area contributed by atoms with E-state index in [9.17, 15) is 19.5 Å². The summed E-state index contributed by atoms with van der Waals surface area (Å²) in [6.45, 7) is 4.55. The summed E-state index contributed by atoms with van der Waals surface area (Å²) in [5.74, 6) is -0.141. The number of aliphatic hydroxyl groups excluding tert-OH is 1. The topological polar surface area (TPSA) is 146 Å². The van der Waals surface area contributed by atoms with Gasteiger partial charge in [0.25, 0.3) is 0 Å². The first-order chi connectivity index (χ1) is 23.6. The molecule has 1 aliphatic carbocycles. The molecule has 1 aliphatic rings. The molecule has 1 fully saturated rings. The first-order valence-electron chi connectivity index (χ1n) is 16.5. The number of aromatic nitrogens is 2. The molecule has 2 unspecified atom stereocenters. The highest BCUT2D eigenvalue weighted by molar-refractivity contribution is 7.09. The average molecular weight is 705 g/mol. The molecule has 1 saturated carbocycles. The number of hydrogen-bond donors (Lipinski definition) is 4. The Labute approximate surface area is 295 Å². The number of benzene rings is 2. The number of urea groups is 1. The highest BCUT2D eigenvalue weighted by atomic mass is 32.1. The summed E-state index contributed by atoms with van der Waals surface area (Å²) in [6.07, 6.45) is 2.43. The van der Waals surface area contributed by atoms with Gasteiger partial charge in [0, 0.05) is 43.0 Å². The van der Waals surface area contributed by atoms with E-state index in [0.29, 0.717) is 31.6 Å². The molecule has 4 amide bonds. The van der Waals surface area contributed by atoms with E-state index in [2.05, 4.69) is 39.8 Å². The lowest BCUT2D eigenvalue weighted by Crippen LogP contribution is -2.56. The Morgan fingerprint density at radius 1 is 0.980 bits per heavy atom. The smallest absolute Gasteiger partial charge is 0.407 e. The summed E-state index contributed by atoms with van der Waals surface area (Å²) >= 11 is 2.97. The van der Waals surface area contributed by atoms with Crippen molar-refractivity contribution in [1.82, 2.24) is 30.8 Å². The van der Waals surface area contributed by atoms with Crippen LogP contribution in [-0.2, 0) is 35.5 Å². The number of nitrogens with zero attached hydrogens (tertiary/aromatic N) is 3. The van der Waals surface area contributed by atoms with Crippen molar-refractivity contribution in [3.63, 3.8) is 0 Å². The molecule has 2 heterocycles. The second-order valence-electron chi connectivity index (χ2n) is 12.8. The quantitative estimate of drug-likeness (QED) is 0.122. The number of amides is 4. The number of thiazole rings is 2. The van der Waals surface area contributed by atoms with Crippen LogP contribution in [0.2, 0.25) is 0 Å². The zero-order chi connectivity index (χ0) is 34.8. The Hall–Kier alpha value is -4.33. The molecule has 4 aromatic rings. The summed E-state index contributed by atoms with van der Waals surface area (Å²) < 4.78 is 5.47. The van der Waals surface area contributed by atoms with Gasteiger partial charge >= 0.3 is 12.1 Å². The fourth-order valence-corrected chi connectivity index (χ4v) is 6.90. The van der Waals surface area contributed by atoms with Crippen molar-refractivity contribution in [1.29, 1.82) is 0 Å². The Morgan fingerprint density at radius 3 is 2.12 bits per heavy atom. The molecule has 2 aromatic carbocycles. The molecule has 5 rings (SSSR count). The number of aliphatic hydroxyl groups is 1. The largest absolute Gasteiger partial charge is 0.444 e. The van der Waals surface area contributed by atoms with E-state index in [0.717, 1.165) is 26.7 Å². The Bertz CT molecular complexity index is 1650. The lowest BCUT2D eigenvalue weighted by Gasteiger charge is -2.27. The van der Waals surface area contributed by atoms with E-state index < -0.39 is 29.7 Å². The van der Waals surface area contributed by atoms with Crippen LogP contribution in [0.15, 0.2) is 77.8 Å². The molecule has 0 radical (unpaired) electrons. The molecular weight excluding hydrogens is 661 g/mol. The molecule has 2 aromatic heterocycles. The lowest BCUT2D eigenvalue weighted by atomic mass is 9.95. The van der Waals surface area contributed by atoms with Gasteiger partial charge in [-0.25, -0.2) is 14.6 Å². The molecule has 0 spiro atoms. The molecule has 0 aliphatic heterocycles. The number of ether oxygens (including phenoxy) is 1. The van der Waals surface area contributed by atoms with Gasteiger partial charge in [-0.05, 0) is 36.8 Å². The predicted octanol–water partition coefficient (Wildman–Crippen LogP) is 5.41.